The zero-order valence-corrected chi connectivity index (χ0v) is 12.5. The van der Waals surface area contributed by atoms with E-state index in [9.17, 15) is 5.11 Å². The van der Waals surface area contributed by atoms with Gasteiger partial charge in [-0.05, 0) is 57.1 Å². The molecule has 0 aliphatic carbocycles. The van der Waals surface area contributed by atoms with Gasteiger partial charge < -0.3 is 20.1 Å². The summed E-state index contributed by atoms with van der Waals surface area (Å²) in [5.41, 5.74) is 1.17. The molecule has 2 unspecified atom stereocenters. The summed E-state index contributed by atoms with van der Waals surface area (Å²) in [6.07, 6.45) is 0.786. The van der Waals surface area contributed by atoms with Crippen LogP contribution in [0.1, 0.15) is 12.0 Å². The molecule has 0 radical (unpaired) electrons. The van der Waals surface area contributed by atoms with Gasteiger partial charge in [0, 0.05) is 13.1 Å². The van der Waals surface area contributed by atoms with Crippen molar-refractivity contribution in [2.24, 2.45) is 5.92 Å². The number of nitrogens with one attached hydrogen (secondary N) is 1. The molecule has 1 heterocycles. The highest BCUT2D eigenvalue weighted by Crippen LogP contribution is 2.13. The minimum Gasteiger partial charge on any atom is -0.491 e. The van der Waals surface area contributed by atoms with Gasteiger partial charge in [0.2, 0.25) is 0 Å². The number of aliphatic hydroxyl groups is 1. The van der Waals surface area contributed by atoms with Crippen molar-refractivity contribution in [3.05, 3.63) is 29.8 Å². The Morgan fingerprint density at radius 2 is 2.35 bits per heavy atom. The third kappa shape index (κ3) is 5.12. The number of aliphatic hydroxyl groups excluding tert-OH is 1. The lowest BCUT2D eigenvalue weighted by atomic mass is 10.1. The molecule has 0 spiro atoms. The minimum atomic E-state index is -0.463. The van der Waals surface area contributed by atoms with Gasteiger partial charge in [0.25, 0.3) is 0 Å². The highest BCUT2D eigenvalue weighted by molar-refractivity contribution is 5.27. The van der Waals surface area contributed by atoms with Gasteiger partial charge in [-0.1, -0.05) is 12.1 Å². The fourth-order valence-electron chi connectivity index (χ4n) is 2.60. The summed E-state index contributed by atoms with van der Waals surface area (Å²) in [4.78, 5) is 2.35. The van der Waals surface area contributed by atoms with Gasteiger partial charge >= 0.3 is 0 Å². The molecule has 4 heteroatoms. The molecule has 112 valence electrons. The molecule has 1 aromatic rings. The van der Waals surface area contributed by atoms with E-state index in [1.807, 2.05) is 31.2 Å². The Hall–Kier alpha value is -1.10. The number of nitrogens with zero attached hydrogens (tertiary/aromatic N) is 1. The Bertz CT molecular complexity index is 411. The first-order chi connectivity index (χ1) is 9.63. The molecule has 0 aromatic heterocycles. The number of hydrogen-bond donors (Lipinski definition) is 2. The summed E-state index contributed by atoms with van der Waals surface area (Å²) in [5.74, 6) is 1.53. The molecule has 2 N–H and O–H groups in total. The zero-order chi connectivity index (χ0) is 14.4. The molecule has 1 fully saturated rings. The molecule has 1 aliphatic heterocycles. The molecule has 4 nitrogen and oxygen atoms in total. The van der Waals surface area contributed by atoms with Crippen molar-refractivity contribution in [2.45, 2.75) is 19.4 Å². The van der Waals surface area contributed by atoms with Gasteiger partial charge in [-0.3, -0.25) is 0 Å². The van der Waals surface area contributed by atoms with Crippen molar-refractivity contribution in [1.29, 1.82) is 0 Å². The minimum absolute atomic E-state index is 0.334. The van der Waals surface area contributed by atoms with E-state index in [-0.39, 0.29) is 0 Å². The van der Waals surface area contributed by atoms with E-state index in [2.05, 4.69) is 17.3 Å². The van der Waals surface area contributed by atoms with Crippen LogP contribution >= 0.6 is 0 Å². The summed E-state index contributed by atoms with van der Waals surface area (Å²) in [5, 5.41) is 13.2. The lowest BCUT2D eigenvalue weighted by Crippen LogP contribution is -2.34. The molecule has 20 heavy (non-hydrogen) atoms. The normalized spacial score (nSPS) is 21.1. The van der Waals surface area contributed by atoms with E-state index in [0.717, 1.165) is 18.8 Å². The van der Waals surface area contributed by atoms with E-state index in [0.29, 0.717) is 19.1 Å². The highest BCUT2D eigenvalue weighted by Gasteiger charge is 2.19. The van der Waals surface area contributed by atoms with Gasteiger partial charge in [0.1, 0.15) is 18.5 Å². The summed E-state index contributed by atoms with van der Waals surface area (Å²) >= 11 is 0. The van der Waals surface area contributed by atoms with Crippen LogP contribution in [0.4, 0.5) is 0 Å². The van der Waals surface area contributed by atoms with Crippen LogP contribution < -0.4 is 10.1 Å². The molecule has 2 atom stereocenters. The van der Waals surface area contributed by atoms with E-state index in [1.165, 1.54) is 18.5 Å². The maximum Gasteiger partial charge on any atom is 0.119 e. The van der Waals surface area contributed by atoms with Crippen LogP contribution in [-0.4, -0.2) is 55.9 Å². The second-order valence-corrected chi connectivity index (χ2v) is 5.86. The molecule has 1 aromatic carbocycles. The van der Waals surface area contributed by atoms with Crippen molar-refractivity contribution in [1.82, 2.24) is 10.2 Å². The van der Waals surface area contributed by atoms with Gasteiger partial charge in [-0.25, -0.2) is 0 Å². The summed E-state index contributed by atoms with van der Waals surface area (Å²) in [6.45, 7) is 6.27. The number of benzene rings is 1. The number of hydrogen-bond acceptors (Lipinski definition) is 4. The monoisotopic (exact) mass is 278 g/mol. The molecule has 1 saturated heterocycles. The average Bonchev–Trinajstić information content (AvgIpc) is 2.82. The van der Waals surface area contributed by atoms with Gasteiger partial charge in [-0.15, -0.1) is 0 Å². The average molecular weight is 278 g/mol. The topological polar surface area (TPSA) is 44.7 Å². The van der Waals surface area contributed by atoms with Crippen LogP contribution in [-0.2, 0) is 0 Å². The first-order valence-electron chi connectivity index (χ1n) is 7.40. The number of likely N-dealkylation sites (tertiary alicyclic amines) is 1. The molecular weight excluding hydrogens is 252 g/mol. The van der Waals surface area contributed by atoms with Gasteiger partial charge in [0.05, 0.1) is 0 Å². The Kier molecular flexibility index (Phi) is 5.83. The Labute approximate surface area is 121 Å². The smallest absolute Gasteiger partial charge is 0.119 e. The SMILES string of the molecule is Cc1cccc(OCC(O)CNCC2CCN(C)C2)c1. The summed E-state index contributed by atoms with van der Waals surface area (Å²) in [6, 6.07) is 7.89. The van der Waals surface area contributed by atoms with Gasteiger partial charge in [-0.2, -0.15) is 0 Å². The quantitative estimate of drug-likeness (QED) is 0.788. The molecule has 1 aliphatic rings. The Morgan fingerprint density at radius 3 is 3.05 bits per heavy atom. The highest BCUT2D eigenvalue weighted by atomic mass is 16.5. The van der Waals surface area contributed by atoms with Gasteiger partial charge in [0.15, 0.2) is 0 Å². The van der Waals surface area contributed by atoms with E-state index < -0.39 is 6.10 Å². The lowest BCUT2D eigenvalue weighted by Gasteiger charge is -2.16. The van der Waals surface area contributed by atoms with E-state index >= 15 is 0 Å². The van der Waals surface area contributed by atoms with Crippen LogP contribution in [0.25, 0.3) is 0 Å². The maximum atomic E-state index is 9.91. The molecular formula is C16H26N2O2. The second kappa shape index (κ2) is 7.62. The Balaban J connectivity index is 1.59. The largest absolute Gasteiger partial charge is 0.491 e. The van der Waals surface area contributed by atoms with Crippen LogP contribution in [0.2, 0.25) is 0 Å². The molecule has 0 saturated carbocycles. The summed E-state index contributed by atoms with van der Waals surface area (Å²) < 4.78 is 5.59. The number of rotatable bonds is 7. The van der Waals surface area contributed by atoms with Crippen LogP contribution in [0.5, 0.6) is 5.75 Å². The van der Waals surface area contributed by atoms with Crippen molar-refractivity contribution in [3.8, 4) is 5.75 Å². The maximum absolute atomic E-state index is 9.91. The first kappa shape index (κ1) is 15.3. The summed E-state index contributed by atoms with van der Waals surface area (Å²) in [7, 11) is 2.16. The molecule has 2 rings (SSSR count). The molecule has 0 amide bonds. The standard InChI is InChI=1S/C16H26N2O2/c1-13-4-3-5-16(8-13)20-12-15(19)10-17-9-14-6-7-18(2)11-14/h3-5,8,14-15,17,19H,6-7,9-12H2,1-2H3. The second-order valence-electron chi connectivity index (χ2n) is 5.86. The zero-order valence-electron chi connectivity index (χ0n) is 12.5. The van der Waals surface area contributed by atoms with Crippen LogP contribution in [0, 0.1) is 12.8 Å². The third-order valence-corrected chi connectivity index (χ3v) is 3.73. The first-order valence-corrected chi connectivity index (χ1v) is 7.40. The van der Waals surface area contributed by atoms with Crippen LogP contribution in [0.15, 0.2) is 24.3 Å². The van der Waals surface area contributed by atoms with Crippen molar-refractivity contribution < 1.29 is 9.84 Å². The number of ether oxygens (including phenoxy) is 1. The Morgan fingerprint density at radius 1 is 1.50 bits per heavy atom. The van der Waals surface area contributed by atoms with E-state index in [4.69, 9.17) is 4.74 Å². The number of aryl methyl sites for hydroxylation is 1. The van der Waals surface area contributed by atoms with Crippen LogP contribution in [0.3, 0.4) is 0 Å². The predicted molar refractivity (Wildman–Crippen MR) is 81.2 cm³/mol. The fourth-order valence-corrected chi connectivity index (χ4v) is 2.60. The fraction of sp³-hybridized carbons (Fsp3) is 0.625. The van der Waals surface area contributed by atoms with Crippen molar-refractivity contribution in [2.75, 3.05) is 39.8 Å². The third-order valence-electron chi connectivity index (χ3n) is 3.73. The van der Waals surface area contributed by atoms with Crippen molar-refractivity contribution in [3.63, 3.8) is 0 Å². The molecule has 0 bridgehead atoms. The predicted octanol–water partition coefficient (Wildman–Crippen LogP) is 1.28. The lowest BCUT2D eigenvalue weighted by molar-refractivity contribution is 0.105. The van der Waals surface area contributed by atoms with Crippen molar-refractivity contribution >= 4 is 0 Å². The van der Waals surface area contributed by atoms with E-state index in [1.54, 1.807) is 0 Å².